The monoisotopic (exact) mass is 228 g/mol. The first-order valence-corrected chi connectivity index (χ1v) is 6.56. The molecule has 1 unspecified atom stereocenters. The van der Waals surface area contributed by atoms with Gasteiger partial charge in [0.25, 0.3) is 0 Å². The van der Waals surface area contributed by atoms with Gasteiger partial charge in [0.15, 0.2) is 0 Å². The van der Waals surface area contributed by atoms with Crippen LogP contribution in [-0.4, -0.2) is 5.66 Å². The molecular weight excluding hydrogens is 196 g/mol. The van der Waals surface area contributed by atoms with E-state index in [1.807, 2.05) is 6.92 Å². The number of hydrogen-bond acceptors (Lipinski definition) is 2. The summed E-state index contributed by atoms with van der Waals surface area (Å²) in [5.74, 6) is 0.633. The van der Waals surface area contributed by atoms with Crippen LogP contribution < -0.4 is 11.5 Å². The van der Waals surface area contributed by atoms with Crippen molar-refractivity contribution >= 4 is 0 Å². The minimum atomic E-state index is -0.642. The number of rotatable bonds is 6. The lowest BCUT2D eigenvalue weighted by Crippen LogP contribution is -2.64. The molecule has 0 heterocycles. The molecule has 0 rings (SSSR count). The summed E-state index contributed by atoms with van der Waals surface area (Å²) in [5.41, 5.74) is 11.7. The van der Waals surface area contributed by atoms with Crippen LogP contribution in [-0.2, 0) is 0 Å². The van der Waals surface area contributed by atoms with Crippen LogP contribution in [0.15, 0.2) is 0 Å². The average molecular weight is 228 g/mol. The van der Waals surface area contributed by atoms with E-state index in [0.29, 0.717) is 5.92 Å². The first-order chi connectivity index (χ1) is 6.98. The van der Waals surface area contributed by atoms with Gasteiger partial charge in [-0.1, -0.05) is 60.8 Å². The van der Waals surface area contributed by atoms with Crippen LogP contribution in [0.1, 0.15) is 67.7 Å². The van der Waals surface area contributed by atoms with Gasteiger partial charge in [0.1, 0.15) is 0 Å². The molecular formula is C14H32N2. The molecule has 0 radical (unpaired) electrons. The second kappa shape index (κ2) is 5.05. The van der Waals surface area contributed by atoms with Crippen molar-refractivity contribution in [1.82, 2.24) is 0 Å². The summed E-state index contributed by atoms with van der Waals surface area (Å²) in [4.78, 5) is 0. The lowest BCUT2D eigenvalue weighted by molar-refractivity contribution is -0.0172. The van der Waals surface area contributed by atoms with Crippen LogP contribution in [0.2, 0.25) is 0 Å². The van der Waals surface area contributed by atoms with Crippen LogP contribution in [0.4, 0.5) is 0 Å². The Morgan fingerprint density at radius 2 is 1.44 bits per heavy atom. The Bertz CT molecular complexity index is 211. The van der Waals surface area contributed by atoms with Crippen molar-refractivity contribution in [3.05, 3.63) is 0 Å². The number of unbranched alkanes of at least 4 members (excludes halogenated alkanes) is 1. The van der Waals surface area contributed by atoms with E-state index in [9.17, 15) is 0 Å². The molecule has 0 aliphatic rings. The quantitative estimate of drug-likeness (QED) is 0.684. The second-order valence-corrected chi connectivity index (χ2v) is 6.67. The fourth-order valence-corrected chi connectivity index (χ4v) is 2.18. The smallest absolute Gasteiger partial charge is 0.0665 e. The minimum Gasteiger partial charge on any atom is -0.313 e. The predicted octanol–water partition coefficient (Wildman–Crippen LogP) is 3.50. The Hall–Kier alpha value is -0.0800. The van der Waals surface area contributed by atoms with Crippen molar-refractivity contribution in [3.63, 3.8) is 0 Å². The Balaban J connectivity index is 4.89. The number of nitrogens with two attached hydrogens (primary N) is 2. The zero-order valence-electron chi connectivity index (χ0n) is 12.4. The average Bonchev–Trinajstić information content (AvgIpc) is 2.11. The summed E-state index contributed by atoms with van der Waals surface area (Å²) in [7, 11) is 0. The second-order valence-electron chi connectivity index (χ2n) is 6.67. The van der Waals surface area contributed by atoms with Gasteiger partial charge in [-0.2, -0.15) is 0 Å². The SMILES string of the molecule is CCCCC(C)C(C)(C)C(C)(C)C(C)(N)N. The van der Waals surface area contributed by atoms with Gasteiger partial charge in [-0.25, -0.2) is 0 Å². The normalized spacial score (nSPS) is 16.3. The Morgan fingerprint density at radius 1 is 1.00 bits per heavy atom. The van der Waals surface area contributed by atoms with Gasteiger partial charge in [-0.15, -0.1) is 0 Å². The molecule has 0 amide bonds. The molecule has 0 fully saturated rings. The van der Waals surface area contributed by atoms with Crippen molar-refractivity contribution in [3.8, 4) is 0 Å². The van der Waals surface area contributed by atoms with Gasteiger partial charge in [0.05, 0.1) is 5.66 Å². The largest absolute Gasteiger partial charge is 0.313 e. The maximum absolute atomic E-state index is 6.14. The summed E-state index contributed by atoms with van der Waals surface area (Å²) in [6.07, 6.45) is 3.79. The standard InChI is InChI=1S/C14H32N2/c1-8-9-10-11(2)12(3,4)13(5,6)14(7,15)16/h11H,8-10,15-16H2,1-7H3. The molecule has 0 aliphatic heterocycles. The lowest BCUT2D eigenvalue weighted by atomic mass is 9.56. The fraction of sp³-hybridized carbons (Fsp3) is 1.00. The van der Waals surface area contributed by atoms with E-state index in [0.717, 1.165) is 0 Å². The Morgan fingerprint density at radius 3 is 1.75 bits per heavy atom. The fourth-order valence-electron chi connectivity index (χ4n) is 2.18. The van der Waals surface area contributed by atoms with Crippen molar-refractivity contribution < 1.29 is 0 Å². The molecule has 0 aliphatic carbocycles. The van der Waals surface area contributed by atoms with Crippen LogP contribution >= 0.6 is 0 Å². The molecule has 0 spiro atoms. The molecule has 1 atom stereocenters. The van der Waals surface area contributed by atoms with E-state index in [1.165, 1.54) is 19.3 Å². The third-order valence-corrected chi connectivity index (χ3v) is 5.18. The highest BCUT2D eigenvalue weighted by molar-refractivity contribution is 5.00. The summed E-state index contributed by atoms with van der Waals surface area (Å²) >= 11 is 0. The van der Waals surface area contributed by atoms with Gasteiger partial charge < -0.3 is 11.5 Å². The Labute approximate surface area is 102 Å². The highest BCUT2D eigenvalue weighted by Crippen LogP contribution is 2.49. The molecule has 98 valence electrons. The van der Waals surface area contributed by atoms with Gasteiger partial charge >= 0.3 is 0 Å². The van der Waals surface area contributed by atoms with Crippen molar-refractivity contribution in [1.29, 1.82) is 0 Å². The van der Waals surface area contributed by atoms with E-state index < -0.39 is 5.66 Å². The van der Waals surface area contributed by atoms with Crippen LogP contribution in [0, 0.1) is 16.7 Å². The topological polar surface area (TPSA) is 52.0 Å². The van der Waals surface area contributed by atoms with Crippen molar-refractivity contribution in [2.75, 3.05) is 0 Å². The maximum atomic E-state index is 6.14. The molecule has 0 saturated carbocycles. The molecule has 0 aromatic carbocycles. The molecule has 0 saturated heterocycles. The van der Waals surface area contributed by atoms with E-state index in [2.05, 4.69) is 41.5 Å². The van der Waals surface area contributed by atoms with E-state index in [-0.39, 0.29) is 10.8 Å². The zero-order chi connectivity index (χ0) is 13.2. The molecule has 0 aromatic rings. The molecule has 0 bridgehead atoms. The summed E-state index contributed by atoms with van der Waals surface area (Å²) in [5, 5.41) is 0. The van der Waals surface area contributed by atoms with E-state index in [4.69, 9.17) is 11.5 Å². The minimum absolute atomic E-state index is 0.0901. The van der Waals surface area contributed by atoms with Gasteiger partial charge in [-0.3, -0.25) is 0 Å². The molecule has 2 nitrogen and oxygen atoms in total. The van der Waals surface area contributed by atoms with Crippen LogP contribution in [0.25, 0.3) is 0 Å². The predicted molar refractivity (Wildman–Crippen MR) is 73.0 cm³/mol. The zero-order valence-corrected chi connectivity index (χ0v) is 12.4. The third kappa shape index (κ3) is 2.98. The molecule has 0 aromatic heterocycles. The van der Waals surface area contributed by atoms with Crippen molar-refractivity contribution in [2.45, 2.75) is 73.4 Å². The lowest BCUT2D eigenvalue weighted by Gasteiger charge is -2.53. The molecule has 4 N–H and O–H groups in total. The summed E-state index contributed by atoms with van der Waals surface area (Å²) in [6, 6.07) is 0. The van der Waals surface area contributed by atoms with Crippen LogP contribution in [0.5, 0.6) is 0 Å². The highest BCUT2D eigenvalue weighted by Gasteiger charge is 2.48. The van der Waals surface area contributed by atoms with Gasteiger partial charge in [0, 0.05) is 5.41 Å². The van der Waals surface area contributed by atoms with Crippen molar-refractivity contribution in [2.24, 2.45) is 28.2 Å². The highest BCUT2D eigenvalue weighted by atomic mass is 15.0. The van der Waals surface area contributed by atoms with Crippen LogP contribution in [0.3, 0.4) is 0 Å². The van der Waals surface area contributed by atoms with E-state index >= 15 is 0 Å². The summed E-state index contributed by atoms with van der Waals surface area (Å²) < 4.78 is 0. The number of hydrogen-bond donors (Lipinski definition) is 2. The van der Waals surface area contributed by atoms with Gasteiger partial charge in [-0.05, 0) is 18.3 Å². The maximum Gasteiger partial charge on any atom is 0.0665 e. The summed E-state index contributed by atoms with van der Waals surface area (Å²) in [6.45, 7) is 15.5. The van der Waals surface area contributed by atoms with E-state index in [1.54, 1.807) is 0 Å². The molecule has 2 heteroatoms. The Kier molecular flexibility index (Phi) is 5.03. The third-order valence-electron chi connectivity index (χ3n) is 5.18. The molecule has 16 heavy (non-hydrogen) atoms. The van der Waals surface area contributed by atoms with Gasteiger partial charge in [0.2, 0.25) is 0 Å². The first kappa shape index (κ1) is 15.9. The first-order valence-electron chi connectivity index (χ1n) is 6.56.